The van der Waals surface area contributed by atoms with Crippen molar-refractivity contribution in [3.05, 3.63) is 0 Å². The van der Waals surface area contributed by atoms with Crippen molar-refractivity contribution in [3.8, 4) is 0 Å². The van der Waals surface area contributed by atoms with Gasteiger partial charge in [0.05, 0.1) is 27.4 Å². The Kier molecular flexibility index (Phi) is 32.1. The summed E-state index contributed by atoms with van der Waals surface area (Å²) in [6.07, 6.45) is 19.7. The molecular formula is C31H58O8. The Bertz CT molecular complexity index is 541. The monoisotopic (exact) mass is 558 g/mol. The molecule has 0 spiro atoms. The molecule has 0 atom stereocenters. The number of ether oxygens (including phenoxy) is 4. The lowest BCUT2D eigenvalue weighted by Crippen LogP contribution is -2.08. The van der Waals surface area contributed by atoms with Crippen molar-refractivity contribution in [2.24, 2.45) is 0 Å². The summed E-state index contributed by atoms with van der Waals surface area (Å²) in [6.45, 7) is 5.48. The van der Waals surface area contributed by atoms with Crippen LogP contribution < -0.4 is 0 Å². The molecule has 8 nitrogen and oxygen atoms in total. The average Bonchev–Trinajstić information content (AvgIpc) is 2.94. The second-order valence-corrected chi connectivity index (χ2v) is 9.90. The van der Waals surface area contributed by atoms with E-state index in [4.69, 9.17) is 9.47 Å². The fourth-order valence-electron chi connectivity index (χ4n) is 3.74. The van der Waals surface area contributed by atoms with Crippen LogP contribution in [0.15, 0.2) is 0 Å². The van der Waals surface area contributed by atoms with Gasteiger partial charge in [-0.3, -0.25) is 19.2 Å². The van der Waals surface area contributed by atoms with Gasteiger partial charge in [-0.15, -0.1) is 0 Å². The van der Waals surface area contributed by atoms with Crippen LogP contribution in [0.5, 0.6) is 0 Å². The number of hydrogen-bond acceptors (Lipinski definition) is 8. The lowest BCUT2D eigenvalue weighted by atomic mass is 10.1. The van der Waals surface area contributed by atoms with E-state index in [1.54, 1.807) is 0 Å². The van der Waals surface area contributed by atoms with Gasteiger partial charge in [-0.25, -0.2) is 0 Å². The van der Waals surface area contributed by atoms with Crippen LogP contribution >= 0.6 is 0 Å². The van der Waals surface area contributed by atoms with Crippen molar-refractivity contribution in [1.82, 2.24) is 0 Å². The Morgan fingerprint density at radius 2 is 0.667 bits per heavy atom. The lowest BCUT2D eigenvalue weighted by Gasteiger charge is -2.06. The third-order valence-electron chi connectivity index (χ3n) is 6.25. The maximum absolute atomic E-state index is 11.6. The highest BCUT2D eigenvalue weighted by Gasteiger charge is 2.06. The van der Waals surface area contributed by atoms with Crippen LogP contribution in [0.3, 0.4) is 0 Å². The van der Waals surface area contributed by atoms with E-state index in [0.29, 0.717) is 51.7 Å². The number of carbonyl (C=O) groups is 4. The molecule has 0 N–H and O–H groups in total. The van der Waals surface area contributed by atoms with Gasteiger partial charge in [0, 0.05) is 25.7 Å². The van der Waals surface area contributed by atoms with E-state index in [1.165, 1.54) is 65.6 Å². The maximum Gasteiger partial charge on any atom is 0.305 e. The summed E-state index contributed by atoms with van der Waals surface area (Å²) in [6, 6.07) is 0. The quantitative estimate of drug-likeness (QED) is 0.0639. The zero-order chi connectivity index (χ0) is 29.4. The standard InChI is InChI=1S/C22H42O4.C9H16O4/c1-3-5-7-9-11-15-19-25-21(23)17-13-14-18-22(24)26-20-16-12-10-8-6-4-2;1-12-8(10)6-4-3-5-7-9(11)13-2/h3-20H2,1-2H3;3-7H2,1-2H3. The molecule has 0 aliphatic carbocycles. The highest BCUT2D eigenvalue weighted by atomic mass is 16.5. The first-order valence-electron chi connectivity index (χ1n) is 15.4. The van der Waals surface area contributed by atoms with Gasteiger partial charge in [0.2, 0.25) is 0 Å². The molecule has 0 radical (unpaired) electrons. The average molecular weight is 559 g/mol. The first-order chi connectivity index (χ1) is 18.9. The highest BCUT2D eigenvalue weighted by Crippen LogP contribution is 2.08. The second-order valence-electron chi connectivity index (χ2n) is 9.90. The third kappa shape index (κ3) is 33.9. The molecule has 0 aromatic carbocycles. The number of methoxy groups -OCH3 is 2. The van der Waals surface area contributed by atoms with E-state index in [2.05, 4.69) is 23.3 Å². The van der Waals surface area contributed by atoms with Crippen LogP contribution in [0, 0.1) is 0 Å². The first kappa shape index (κ1) is 39.0. The van der Waals surface area contributed by atoms with Gasteiger partial charge >= 0.3 is 23.9 Å². The molecule has 0 aromatic rings. The Balaban J connectivity index is 0. The van der Waals surface area contributed by atoms with Crippen molar-refractivity contribution in [2.45, 2.75) is 149 Å². The summed E-state index contributed by atoms with van der Waals surface area (Å²) >= 11 is 0. The van der Waals surface area contributed by atoms with E-state index in [0.717, 1.165) is 44.9 Å². The van der Waals surface area contributed by atoms with Gasteiger partial charge in [0.15, 0.2) is 0 Å². The predicted octanol–water partition coefficient (Wildman–Crippen LogP) is 7.64. The minimum absolute atomic E-state index is 0.140. The summed E-state index contributed by atoms with van der Waals surface area (Å²) in [5.74, 6) is -0.672. The fourth-order valence-corrected chi connectivity index (χ4v) is 3.74. The molecule has 0 aliphatic rings. The number of unbranched alkanes of at least 4 members (excludes halogenated alkanes) is 13. The van der Waals surface area contributed by atoms with Gasteiger partial charge in [-0.1, -0.05) is 84.5 Å². The largest absolute Gasteiger partial charge is 0.469 e. The van der Waals surface area contributed by atoms with Crippen LogP contribution in [-0.4, -0.2) is 51.3 Å². The van der Waals surface area contributed by atoms with Crippen molar-refractivity contribution < 1.29 is 38.1 Å². The molecule has 0 saturated carbocycles. The Labute approximate surface area is 238 Å². The smallest absolute Gasteiger partial charge is 0.305 e. The molecule has 0 bridgehead atoms. The third-order valence-corrected chi connectivity index (χ3v) is 6.25. The van der Waals surface area contributed by atoms with Gasteiger partial charge in [0.1, 0.15) is 0 Å². The topological polar surface area (TPSA) is 105 Å². The Morgan fingerprint density at radius 3 is 1.03 bits per heavy atom. The van der Waals surface area contributed by atoms with Crippen LogP contribution in [0.25, 0.3) is 0 Å². The number of hydrogen-bond donors (Lipinski definition) is 0. The molecule has 0 aliphatic heterocycles. The number of esters is 4. The van der Waals surface area contributed by atoms with Crippen molar-refractivity contribution >= 4 is 23.9 Å². The summed E-state index contributed by atoms with van der Waals surface area (Å²) in [5, 5.41) is 0. The minimum Gasteiger partial charge on any atom is -0.469 e. The maximum atomic E-state index is 11.6. The fraction of sp³-hybridized carbons (Fsp3) is 0.871. The summed E-state index contributed by atoms with van der Waals surface area (Å²) < 4.78 is 19.4. The van der Waals surface area contributed by atoms with Gasteiger partial charge in [-0.05, 0) is 38.5 Å². The van der Waals surface area contributed by atoms with E-state index < -0.39 is 0 Å². The minimum atomic E-state index is -0.196. The Hall–Kier alpha value is -2.12. The zero-order valence-electron chi connectivity index (χ0n) is 25.5. The van der Waals surface area contributed by atoms with Crippen LogP contribution in [0.1, 0.15) is 149 Å². The molecule has 0 fully saturated rings. The molecule has 0 rings (SSSR count). The second kappa shape index (κ2) is 32.1. The van der Waals surface area contributed by atoms with E-state index in [1.807, 2.05) is 0 Å². The zero-order valence-corrected chi connectivity index (χ0v) is 25.5. The normalized spacial score (nSPS) is 10.3. The molecule has 0 aromatic heterocycles. The summed E-state index contributed by atoms with van der Waals surface area (Å²) in [7, 11) is 2.74. The molecule has 0 heterocycles. The van der Waals surface area contributed by atoms with E-state index in [-0.39, 0.29) is 23.9 Å². The molecular weight excluding hydrogens is 500 g/mol. The van der Waals surface area contributed by atoms with Crippen LogP contribution in [0.2, 0.25) is 0 Å². The van der Waals surface area contributed by atoms with Gasteiger partial charge in [-0.2, -0.15) is 0 Å². The molecule has 8 heteroatoms. The Morgan fingerprint density at radius 1 is 0.385 bits per heavy atom. The number of rotatable bonds is 25. The van der Waals surface area contributed by atoms with Gasteiger partial charge < -0.3 is 18.9 Å². The molecule has 0 unspecified atom stereocenters. The molecule has 39 heavy (non-hydrogen) atoms. The molecule has 0 saturated heterocycles. The summed E-state index contributed by atoms with van der Waals surface area (Å²) in [4.78, 5) is 44.5. The predicted molar refractivity (Wildman–Crippen MR) is 154 cm³/mol. The van der Waals surface area contributed by atoms with E-state index in [9.17, 15) is 19.2 Å². The number of carbonyl (C=O) groups excluding carboxylic acids is 4. The highest BCUT2D eigenvalue weighted by molar-refractivity contribution is 5.70. The van der Waals surface area contributed by atoms with Crippen molar-refractivity contribution in [3.63, 3.8) is 0 Å². The lowest BCUT2D eigenvalue weighted by molar-refractivity contribution is -0.146. The molecule has 0 amide bonds. The summed E-state index contributed by atoms with van der Waals surface area (Å²) in [5.41, 5.74) is 0. The van der Waals surface area contributed by atoms with E-state index >= 15 is 0 Å². The van der Waals surface area contributed by atoms with Crippen LogP contribution in [-0.2, 0) is 38.1 Å². The molecule has 230 valence electrons. The van der Waals surface area contributed by atoms with Crippen molar-refractivity contribution in [2.75, 3.05) is 27.4 Å². The van der Waals surface area contributed by atoms with Crippen LogP contribution in [0.4, 0.5) is 0 Å². The SMILES string of the molecule is CCCCCCCCOC(=O)CCCCC(=O)OCCCCCCCC.COC(=O)CCCCCC(=O)OC. The van der Waals surface area contributed by atoms with Gasteiger partial charge in [0.25, 0.3) is 0 Å². The van der Waals surface area contributed by atoms with Crippen molar-refractivity contribution in [1.29, 1.82) is 0 Å². The first-order valence-corrected chi connectivity index (χ1v) is 15.4.